The predicted molar refractivity (Wildman–Crippen MR) is 130 cm³/mol. The Bertz CT molecular complexity index is 1300. The van der Waals surface area contributed by atoms with E-state index in [1.54, 1.807) is 31.1 Å². The molecule has 3 aromatic heterocycles. The van der Waals surface area contributed by atoms with Crippen LogP contribution in [0, 0.1) is 6.92 Å². The van der Waals surface area contributed by atoms with E-state index in [4.69, 9.17) is 9.15 Å². The molecule has 4 heterocycles. The number of benzene rings is 1. The monoisotopic (exact) mass is 474 g/mol. The first kappa shape index (κ1) is 22.3. The number of aryl methyl sites for hydroxylation is 1. The van der Waals surface area contributed by atoms with Crippen LogP contribution in [0.4, 0.5) is 0 Å². The van der Waals surface area contributed by atoms with Gasteiger partial charge in [0.25, 0.3) is 5.91 Å². The van der Waals surface area contributed by atoms with E-state index >= 15 is 0 Å². The van der Waals surface area contributed by atoms with Gasteiger partial charge in [-0.2, -0.15) is 0 Å². The minimum absolute atomic E-state index is 0.0249. The van der Waals surface area contributed by atoms with E-state index in [0.717, 1.165) is 52.6 Å². The number of ether oxygens (including phenoxy) is 1. The molecule has 4 aromatic rings. The largest absolute Gasteiger partial charge is 0.497 e. The highest BCUT2D eigenvalue weighted by Gasteiger charge is 2.32. The van der Waals surface area contributed by atoms with Gasteiger partial charge in [-0.1, -0.05) is 12.1 Å². The van der Waals surface area contributed by atoms with E-state index in [0.29, 0.717) is 24.4 Å². The zero-order valence-corrected chi connectivity index (χ0v) is 20.0. The van der Waals surface area contributed by atoms with Crippen LogP contribution >= 0.6 is 11.3 Å². The molecule has 1 aromatic carbocycles. The minimum Gasteiger partial charge on any atom is -0.497 e. The highest BCUT2D eigenvalue weighted by Crippen LogP contribution is 2.33. The summed E-state index contributed by atoms with van der Waals surface area (Å²) in [6.07, 6.45) is 6.90. The first-order valence-corrected chi connectivity index (χ1v) is 12.3. The summed E-state index contributed by atoms with van der Waals surface area (Å²) in [5, 5.41) is 0. The molecule has 1 atom stereocenters. The first-order chi connectivity index (χ1) is 16.6. The van der Waals surface area contributed by atoms with Crippen molar-refractivity contribution in [2.75, 3.05) is 13.7 Å². The maximum absolute atomic E-state index is 13.6. The van der Waals surface area contributed by atoms with Crippen LogP contribution < -0.4 is 4.74 Å². The summed E-state index contributed by atoms with van der Waals surface area (Å²) in [6, 6.07) is 11.4. The molecule has 0 spiro atoms. The van der Waals surface area contributed by atoms with Crippen LogP contribution in [0.25, 0.3) is 10.6 Å². The average molecular weight is 475 g/mol. The number of carbonyl (C=O) groups excluding carboxylic acids is 1. The lowest BCUT2D eigenvalue weighted by Gasteiger charge is -2.33. The minimum atomic E-state index is -0.179. The zero-order chi connectivity index (χ0) is 23.5. The number of carbonyl (C=O) groups is 1. The van der Waals surface area contributed by atoms with Crippen molar-refractivity contribution in [3.8, 4) is 16.3 Å². The second-order valence-electron chi connectivity index (χ2n) is 8.40. The van der Waals surface area contributed by atoms with Crippen molar-refractivity contribution >= 4 is 17.2 Å². The Morgan fingerprint density at radius 3 is 2.94 bits per heavy atom. The van der Waals surface area contributed by atoms with Crippen LogP contribution in [0.1, 0.15) is 58.6 Å². The van der Waals surface area contributed by atoms with E-state index < -0.39 is 0 Å². The molecule has 0 unspecified atom stereocenters. The Balaban J connectivity index is 1.37. The third-order valence-corrected chi connectivity index (χ3v) is 7.07. The van der Waals surface area contributed by atoms with Crippen LogP contribution in [0.5, 0.6) is 5.75 Å². The molecule has 7 nitrogen and oxygen atoms in total. The molecule has 34 heavy (non-hydrogen) atoms. The normalized spacial score (nSPS) is 15.9. The highest BCUT2D eigenvalue weighted by molar-refractivity contribution is 7.13. The molecule has 0 N–H and O–H groups in total. The van der Waals surface area contributed by atoms with Crippen molar-refractivity contribution in [3.63, 3.8) is 0 Å². The van der Waals surface area contributed by atoms with E-state index in [-0.39, 0.29) is 11.9 Å². The van der Waals surface area contributed by atoms with Gasteiger partial charge >= 0.3 is 0 Å². The van der Waals surface area contributed by atoms with Crippen LogP contribution in [0.3, 0.4) is 0 Å². The molecule has 1 aliphatic rings. The molecule has 1 aliphatic heterocycles. The van der Waals surface area contributed by atoms with Gasteiger partial charge in [-0.15, -0.1) is 11.3 Å². The van der Waals surface area contributed by atoms with Crippen molar-refractivity contribution in [2.24, 2.45) is 0 Å². The number of hydrogen-bond donors (Lipinski definition) is 0. The molecule has 0 saturated carbocycles. The topological polar surface area (TPSA) is 81.4 Å². The molecule has 5 rings (SSSR count). The van der Waals surface area contributed by atoms with E-state index in [1.165, 1.54) is 11.3 Å². The van der Waals surface area contributed by atoms with Gasteiger partial charge in [0.1, 0.15) is 17.6 Å². The number of pyridine rings is 1. The lowest BCUT2D eigenvalue weighted by atomic mass is 10.0. The molecule has 1 amide bonds. The van der Waals surface area contributed by atoms with Gasteiger partial charge in [0, 0.05) is 24.7 Å². The fourth-order valence-electron chi connectivity index (χ4n) is 4.37. The van der Waals surface area contributed by atoms with Gasteiger partial charge in [0.15, 0.2) is 0 Å². The summed E-state index contributed by atoms with van der Waals surface area (Å²) in [7, 11) is 1.66. The Labute approximate surface area is 202 Å². The average Bonchev–Trinajstić information content (AvgIpc) is 3.52. The molecule has 0 aliphatic carbocycles. The Hall–Kier alpha value is -3.52. The first-order valence-electron chi connectivity index (χ1n) is 11.4. The molecule has 174 valence electrons. The lowest BCUT2D eigenvalue weighted by Crippen LogP contribution is -2.38. The number of methoxy groups -OCH3 is 1. The van der Waals surface area contributed by atoms with Crippen molar-refractivity contribution in [3.05, 3.63) is 82.8 Å². The zero-order valence-electron chi connectivity index (χ0n) is 19.2. The number of rotatable bonds is 6. The summed E-state index contributed by atoms with van der Waals surface area (Å²) in [5.74, 6) is 2.15. The van der Waals surface area contributed by atoms with E-state index in [9.17, 15) is 4.79 Å². The van der Waals surface area contributed by atoms with Crippen molar-refractivity contribution in [2.45, 2.75) is 38.6 Å². The summed E-state index contributed by atoms with van der Waals surface area (Å²) in [4.78, 5) is 29.8. The molecule has 8 heteroatoms. The van der Waals surface area contributed by atoms with Gasteiger partial charge in [-0.25, -0.2) is 9.97 Å². The van der Waals surface area contributed by atoms with Crippen molar-refractivity contribution in [1.82, 2.24) is 19.9 Å². The fourth-order valence-corrected chi connectivity index (χ4v) is 5.15. The number of aromatic nitrogens is 3. The van der Waals surface area contributed by atoms with Gasteiger partial charge in [0.2, 0.25) is 5.89 Å². The van der Waals surface area contributed by atoms with Gasteiger partial charge in [0.05, 0.1) is 35.1 Å². The summed E-state index contributed by atoms with van der Waals surface area (Å²) >= 11 is 1.53. The molecule has 1 saturated heterocycles. The third-order valence-electron chi connectivity index (χ3n) is 6.12. The number of nitrogens with zero attached hydrogens (tertiary/aromatic N) is 4. The SMILES string of the molecule is COc1cccc(Cc2cnc([C@H]3CCCCN3C(=O)c3ccnc(-c4scnc4C)c3)o2)c1. The number of amides is 1. The van der Waals surface area contributed by atoms with E-state index in [2.05, 4.69) is 15.0 Å². The van der Waals surface area contributed by atoms with E-state index in [1.807, 2.05) is 42.2 Å². The number of thiazole rings is 1. The number of likely N-dealkylation sites (tertiary alicyclic amines) is 1. The molecule has 1 fully saturated rings. The van der Waals surface area contributed by atoms with Crippen LogP contribution in [0.2, 0.25) is 0 Å². The number of oxazole rings is 1. The van der Waals surface area contributed by atoms with Gasteiger partial charge in [-0.05, 0) is 56.0 Å². The maximum atomic E-state index is 13.6. The molecule has 0 radical (unpaired) electrons. The van der Waals surface area contributed by atoms with Crippen LogP contribution in [-0.4, -0.2) is 39.4 Å². The number of piperidine rings is 1. The predicted octanol–water partition coefficient (Wildman–Crippen LogP) is 5.47. The van der Waals surface area contributed by atoms with Gasteiger partial charge in [-0.3, -0.25) is 9.78 Å². The quantitative estimate of drug-likeness (QED) is 0.369. The summed E-state index contributed by atoms with van der Waals surface area (Å²) in [6.45, 7) is 2.63. The molecular formula is C26H26N4O3S. The standard InChI is InChI=1S/C26H26N4O3S/c1-17-24(34-16-29-17)22-14-19(9-10-27-22)26(31)30-11-4-3-8-23(30)25-28-15-21(33-25)13-18-6-5-7-20(12-18)32-2/h5-7,9-10,12,14-16,23H,3-4,8,11,13H2,1-2H3/t23-/m1/s1. The second-order valence-corrected chi connectivity index (χ2v) is 9.25. The summed E-state index contributed by atoms with van der Waals surface area (Å²) < 4.78 is 11.5. The summed E-state index contributed by atoms with van der Waals surface area (Å²) in [5.41, 5.74) is 5.19. The Morgan fingerprint density at radius 1 is 1.21 bits per heavy atom. The highest BCUT2D eigenvalue weighted by atomic mass is 32.1. The van der Waals surface area contributed by atoms with Crippen molar-refractivity contribution < 1.29 is 13.9 Å². The van der Waals surface area contributed by atoms with Crippen LogP contribution in [-0.2, 0) is 6.42 Å². The number of hydrogen-bond acceptors (Lipinski definition) is 7. The van der Waals surface area contributed by atoms with Crippen LogP contribution in [0.15, 0.2) is 58.7 Å². The maximum Gasteiger partial charge on any atom is 0.254 e. The van der Waals surface area contributed by atoms with Gasteiger partial charge < -0.3 is 14.1 Å². The molecule has 0 bridgehead atoms. The smallest absolute Gasteiger partial charge is 0.254 e. The van der Waals surface area contributed by atoms with Crippen molar-refractivity contribution in [1.29, 1.82) is 0 Å². The Morgan fingerprint density at radius 2 is 2.12 bits per heavy atom. The third kappa shape index (κ3) is 4.59. The molecular weight excluding hydrogens is 448 g/mol. The second kappa shape index (κ2) is 9.77. The lowest BCUT2D eigenvalue weighted by molar-refractivity contribution is 0.0570. The Kier molecular flexibility index (Phi) is 6.40. The fraction of sp³-hybridized carbons (Fsp3) is 0.308.